The number of hydrogen-bond donors (Lipinski definition) is 10. The quantitative estimate of drug-likeness (QED) is 0.0470. The van der Waals surface area contributed by atoms with Crippen molar-refractivity contribution in [3.05, 3.63) is 59.2 Å². The largest absolute Gasteiger partial charge is 0.488 e. The maximum atomic E-state index is 14.7. The number of carboxylic acids is 1. The van der Waals surface area contributed by atoms with Crippen molar-refractivity contribution in [3.63, 3.8) is 0 Å². The van der Waals surface area contributed by atoms with Crippen LogP contribution in [0.25, 0.3) is 0 Å². The Morgan fingerprint density at radius 1 is 0.810 bits per heavy atom. The van der Waals surface area contributed by atoms with E-state index in [1.165, 1.54) is 17.9 Å². The van der Waals surface area contributed by atoms with Crippen molar-refractivity contribution in [2.24, 2.45) is 5.92 Å². The summed E-state index contributed by atoms with van der Waals surface area (Å²) in [5.41, 5.74) is -1.09. The first-order chi connectivity index (χ1) is 27.5. The fourth-order valence-corrected chi connectivity index (χ4v) is 6.56. The first-order valence-electron chi connectivity index (χ1n) is 19.2. The number of benzene rings is 2. The Kier molecular flexibility index (Phi) is 18.7. The van der Waals surface area contributed by atoms with E-state index in [2.05, 4.69) is 21.3 Å². The average molecular weight is 817 g/mol. The van der Waals surface area contributed by atoms with E-state index in [0.717, 1.165) is 30.3 Å². The molecular formula is C37H51B2F2N5O12. The van der Waals surface area contributed by atoms with Crippen LogP contribution in [0.15, 0.2) is 36.4 Å². The van der Waals surface area contributed by atoms with Gasteiger partial charge in [0.2, 0.25) is 17.7 Å². The standard InChI is InChI=1S/C37H51B2F2N5O12/c1-3-22(36(52)46-18-8-11-30(46)35(51)45-31(21(2)47)37(53)54)9-4-6-17-43-34(50)29(44-33(49)26-15-13-24(39(57)58)20-28(26)41)10-5-7-16-42-32(48)25-14-12-23(38(55)56)19-27(25)40/h12-15,19-22,29-31,47,55-58H,3-11,16-18H2,1-2H3,(H,42,48)(H,43,50)(H,44,49)(H,45,51)(H,53,54)/t21-,22+,29+,30+,31+/m1/s1. The second-order valence-corrected chi connectivity index (χ2v) is 14.2. The minimum absolute atomic E-state index is 0.0430. The molecule has 1 aliphatic rings. The summed E-state index contributed by atoms with van der Waals surface area (Å²) in [6.45, 7) is 3.57. The highest BCUT2D eigenvalue weighted by molar-refractivity contribution is 6.59. The van der Waals surface area contributed by atoms with Gasteiger partial charge in [0.05, 0.1) is 17.2 Å². The van der Waals surface area contributed by atoms with Crippen molar-refractivity contribution in [1.82, 2.24) is 26.2 Å². The third kappa shape index (κ3) is 13.6. The van der Waals surface area contributed by atoms with Gasteiger partial charge in [0, 0.05) is 25.6 Å². The maximum Gasteiger partial charge on any atom is 0.488 e. The molecule has 21 heteroatoms. The molecule has 1 heterocycles. The summed E-state index contributed by atoms with van der Waals surface area (Å²) in [7, 11) is -3.89. The summed E-state index contributed by atoms with van der Waals surface area (Å²) in [5, 5.41) is 66.2. The monoisotopic (exact) mass is 817 g/mol. The van der Waals surface area contributed by atoms with Gasteiger partial charge >= 0.3 is 20.2 Å². The van der Waals surface area contributed by atoms with Gasteiger partial charge in [-0.25, -0.2) is 13.6 Å². The summed E-state index contributed by atoms with van der Waals surface area (Å²) >= 11 is 0. The number of aliphatic carboxylic acids is 1. The molecule has 1 fully saturated rings. The Morgan fingerprint density at radius 2 is 1.36 bits per heavy atom. The summed E-state index contributed by atoms with van der Waals surface area (Å²) < 4.78 is 29.1. The maximum absolute atomic E-state index is 14.7. The molecule has 0 aromatic heterocycles. The Bertz CT molecular complexity index is 1770. The molecule has 5 atom stereocenters. The molecular weight excluding hydrogens is 766 g/mol. The molecule has 0 unspecified atom stereocenters. The number of halogens is 2. The summed E-state index contributed by atoms with van der Waals surface area (Å²) in [6, 6.07) is 2.51. The van der Waals surface area contributed by atoms with Gasteiger partial charge in [-0.15, -0.1) is 0 Å². The van der Waals surface area contributed by atoms with Crippen LogP contribution in [0.1, 0.15) is 92.4 Å². The lowest BCUT2D eigenvalue weighted by molar-refractivity contribution is -0.147. The summed E-state index contributed by atoms with van der Waals surface area (Å²) in [4.78, 5) is 78.1. The van der Waals surface area contributed by atoms with Crippen molar-refractivity contribution in [1.29, 1.82) is 0 Å². The van der Waals surface area contributed by atoms with Gasteiger partial charge in [0.1, 0.15) is 23.7 Å². The molecule has 2 aromatic rings. The zero-order valence-electron chi connectivity index (χ0n) is 32.3. The van der Waals surface area contributed by atoms with Gasteiger partial charge in [-0.1, -0.05) is 25.5 Å². The van der Waals surface area contributed by atoms with Crippen LogP contribution < -0.4 is 32.2 Å². The molecule has 316 valence electrons. The number of carboxylic acid groups (broad SMARTS) is 1. The molecule has 3 rings (SSSR count). The van der Waals surface area contributed by atoms with Crippen molar-refractivity contribution in [3.8, 4) is 0 Å². The lowest BCUT2D eigenvalue weighted by atomic mass is 9.80. The molecule has 0 aliphatic carbocycles. The second-order valence-electron chi connectivity index (χ2n) is 14.2. The Labute approximate surface area is 334 Å². The van der Waals surface area contributed by atoms with Crippen LogP contribution in [-0.2, 0) is 19.2 Å². The number of carbonyl (C=O) groups excluding carboxylic acids is 5. The van der Waals surface area contributed by atoms with Crippen molar-refractivity contribution >= 4 is 60.7 Å². The molecule has 5 amide bonds. The number of nitrogens with one attached hydrogen (secondary N) is 4. The number of rotatable bonds is 22. The number of carbonyl (C=O) groups is 6. The fraction of sp³-hybridized carbons (Fsp3) is 0.514. The van der Waals surface area contributed by atoms with Gasteiger partial charge < -0.3 is 56.5 Å². The number of nitrogens with zero attached hydrogens (tertiary/aromatic N) is 1. The molecule has 2 aromatic carbocycles. The summed E-state index contributed by atoms with van der Waals surface area (Å²) in [6.07, 6.45) is 1.93. The average Bonchev–Trinajstić information content (AvgIpc) is 3.67. The number of hydrogen-bond acceptors (Lipinski definition) is 11. The van der Waals surface area contributed by atoms with E-state index in [1.807, 2.05) is 6.92 Å². The predicted octanol–water partition coefficient (Wildman–Crippen LogP) is -1.72. The van der Waals surface area contributed by atoms with E-state index in [0.29, 0.717) is 45.1 Å². The molecule has 0 saturated carbocycles. The lowest BCUT2D eigenvalue weighted by Crippen LogP contribution is -2.54. The van der Waals surface area contributed by atoms with Crippen LogP contribution in [0.5, 0.6) is 0 Å². The highest BCUT2D eigenvalue weighted by atomic mass is 19.1. The van der Waals surface area contributed by atoms with Crippen molar-refractivity contribution in [2.75, 3.05) is 19.6 Å². The van der Waals surface area contributed by atoms with E-state index in [1.54, 1.807) is 0 Å². The van der Waals surface area contributed by atoms with Crippen LogP contribution in [-0.4, -0.2) is 129 Å². The number of unbranched alkanes of at least 4 members (excludes halogenated alkanes) is 2. The molecule has 0 radical (unpaired) electrons. The third-order valence-corrected chi connectivity index (χ3v) is 9.90. The molecule has 10 N–H and O–H groups in total. The van der Waals surface area contributed by atoms with E-state index >= 15 is 0 Å². The lowest BCUT2D eigenvalue weighted by Gasteiger charge is -2.29. The minimum Gasteiger partial charge on any atom is -0.480 e. The van der Waals surface area contributed by atoms with E-state index in [4.69, 9.17) is 0 Å². The topological polar surface area (TPSA) is 275 Å². The molecule has 17 nitrogen and oxygen atoms in total. The SMILES string of the molecule is CC[C@@H](CCCCNC(=O)[C@H](CCCCNC(=O)c1ccc(B(O)O)cc1F)NC(=O)c1ccc(B(O)O)cc1F)C(=O)N1CCC[C@H]1C(=O)N[C@H](C(=O)O)[C@@H](C)O. The normalized spacial score (nSPS) is 15.7. The third-order valence-electron chi connectivity index (χ3n) is 9.90. The molecule has 0 bridgehead atoms. The van der Waals surface area contributed by atoms with Gasteiger partial charge in [-0.2, -0.15) is 0 Å². The first-order valence-corrected chi connectivity index (χ1v) is 19.2. The number of likely N-dealkylation sites (tertiary alicyclic amines) is 1. The molecule has 1 aliphatic heterocycles. The summed E-state index contributed by atoms with van der Waals surface area (Å²) in [5.74, 6) is -7.09. The van der Waals surface area contributed by atoms with Crippen LogP contribution in [0.3, 0.4) is 0 Å². The van der Waals surface area contributed by atoms with Crippen LogP contribution in [0, 0.1) is 17.6 Å². The smallest absolute Gasteiger partial charge is 0.480 e. The van der Waals surface area contributed by atoms with Gasteiger partial charge in [0.25, 0.3) is 11.8 Å². The number of amides is 5. The molecule has 1 saturated heterocycles. The van der Waals surface area contributed by atoms with Crippen LogP contribution >= 0.6 is 0 Å². The van der Waals surface area contributed by atoms with Gasteiger partial charge in [0.15, 0.2) is 6.04 Å². The van der Waals surface area contributed by atoms with E-state index in [-0.39, 0.29) is 54.7 Å². The highest BCUT2D eigenvalue weighted by Gasteiger charge is 2.38. The van der Waals surface area contributed by atoms with Gasteiger partial charge in [-0.05, 0) is 93.5 Å². The number of aliphatic hydroxyl groups excluding tert-OH is 1. The zero-order valence-corrected chi connectivity index (χ0v) is 32.3. The Morgan fingerprint density at radius 3 is 1.88 bits per heavy atom. The second kappa shape index (κ2) is 22.8. The zero-order chi connectivity index (χ0) is 43.1. The van der Waals surface area contributed by atoms with E-state index < -0.39 is 91.2 Å². The highest BCUT2D eigenvalue weighted by Crippen LogP contribution is 2.24. The van der Waals surface area contributed by atoms with Gasteiger partial charge in [-0.3, -0.25) is 24.0 Å². The Hall–Kier alpha value is -4.95. The molecule has 58 heavy (non-hydrogen) atoms. The van der Waals surface area contributed by atoms with Crippen molar-refractivity contribution in [2.45, 2.75) is 95.9 Å². The van der Waals surface area contributed by atoms with Crippen molar-refractivity contribution < 1.29 is 67.9 Å². The first kappa shape index (κ1) is 47.4. The minimum atomic E-state index is -1.97. The van der Waals surface area contributed by atoms with Crippen LogP contribution in [0.2, 0.25) is 0 Å². The fourth-order valence-electron chi connectivity index (χ4n) is 6.56. The number of aliphatic hydroxyl groups is 1. The van der Waals surface area contributed by atoms with E-state index in [9.17, 15) is 67.9 Å². The predicted molar refractivity (Wildman–Crippen MR) is 207 cm³/mol. The Balaban J connectivity index is 1.56. The van der Waals surface area contributed by atoms with Crippen LogP contribution in [0.4, 0.5) is 8.78 Å². The molecule has 0 spiro atoms.